The molecule has 0 aliphatic carbocycles. The first-order chi connectivity index (χ1) is 9.29. The first kappa shape index (κ1) is 17.2. The molecule has 0 aromatic carbocycles. The Hall–Kier alpha value is 0.137. The van der Waals surface area contributed by atoms with Crippen molar-refractivity contribution in [1.82, 2.24) is 5.48 Å². The molecule has 2 nitrogen and oxygen atoms in total. The molecule has 1 aliphatic heterocycles. The summed E-state index contributed by atoms with van der Waals surface area (Å²) in [5.41, 5.74) is 3.30. The van der Waals surface area contributed by atoms with Crippen molar-refractivity contribution in [2.75, 3.05) is 6.54 Å². The molecule has 2 unspecified atom stereocenters. The summed E-state index contributed by atoms with van der Waals surface area (Å²) in [6.07, 6.45) is 12.0. The van der Waals surface area contributed by atoms with Crippen molar-refractivity contribution in [1.29, 1.82) is 0 Å². The molecule has 1 aliphatic rings. The Labute approximate surface area is 122 Å². The van der Waals surface area contributed by atoms with Gasteiger partial charge in [0.25, 0.3) is 0 Å². The van der Waals surface area contributed by atoms with Crippen molar-refractivity contribution in [3.05, 3.63) is 0 Å². The van der Waals surface area contributed by atoms with E-state index >= 15 is 0 Å². The Morgan fingerprint density at radius 2 is 1.84 bits per heavy atom. The fourth-order valence-corrected chi connectivity index (χ4v) is 7.93. The topological polar surface area (TPSA) is 21.3 Å². The van der Waals surface area contributed by atoms with Crippen LogP contribution >= 0.6 is 0 Å². The Morgan fingerprint density at radius 3 is 2.53 bits per heavy atom. The zero-order chi connectivity index (χ0) is 14.0. The van der Waals surface area contributed by atoms with Crippen molar-refractivity contribution in [3.8, 4) is 0 Å². The van der Waals surface area contributed by atoms with E-state index in [2.05, 4.69) is 26.3 Å². The summed E-state index contributed by atoms with van der Waals surface area (Å²) < 4.78 is 0. The lowest BCUT2D eigenvalue weighted by atomic mass is 10.0. The number of hydrogen-bond acceptors (Lipinski definition) is 2. The van der Waals surface area contributed by atoms with Crippen LogP contribution in [-0.2, 0) is 4.84 Å². The van der Waals surface area contributed by atoms with Gasteiger partial charge in [-0.1, -0.05) is 71.4 Å². The van der Waals surface area contributed by atoms with E-state index in [1.54, 1.807) is 0 Å². The fraction of sp³-hybridized carbons (Fsp3) is 1.00. The third-order valence-corrected chi connectivity index (χ3v) is 9.03. The van der Waals surface area contributed by atoms with Crippen LogP contribution in [0.4, 0.5) is 0 Å². The van der Waals surface area contributed by atoms with Crippen molar-refractivity contribution in [2.45, 2.75) is 95.9 Å². The molecule has 0 aromatic heterocycles. The highest BCUT2D eigenvalue weighted by Gasteiger charge is 2.42. The number of hydroxylamine groups is 1. The highest BCUT2D eigenvalue weighted by molar-refractivity contribution is 6.62. The van der Waals surface area contributed by atoms with Gasteiger partial charge in [-0.05, 0) is 19.3 Å². The van der Waals surface area contributed by atoms with Crippen LogP contribution in [0.2, 0.25) is 12.1 Å². The lowest BCUT2D eigenvalue weighted by Gasteiger charge is -2.43. The summed E-state index contributed by atoms with van der Waals surface area (Å²) in [6, 6.07) is 3.01. The van der Waals surface area contributed by atoms with Crippen LogP contribution in [0, 0.1) is 0 Å². The molecule has 114 valence electrons. The molecule has 0 aromatic rings. The van der Waals surface area contributed by atoms with Gasteiger partial charge in [-0.2, -0.15) is 0 Å². The molecule has 0 amide bonds. The van der Waals surface area contributed by atoms with Gasteiger partial charge in [0, 0.05) is 6.54 Å². The van der Waals surface area contributed by atoms with Gasteiger partial charge in [0.15, 0.2) is 0 Å². The molecular weight excluding hydrogens is 250 g/mol. The van der Waals surface area contributed by atoms with Crippen LogP contribution in [-0.4, -0.2) is 20.6 Å². The Balaban J connectivity index is 2.63. The summed E-state index contributed by atoms with van der Waals surface area (Å²) in [6.45, 7) is 7.84. The molecule has 1 N–H and O–H groups in total. The summed E-state index contributed by atoms with van der Waals surface area (Å²) in [7, 11) is -0.754. The standard InChI is InChI=1S/C16H35NOSi/c1-4-7-11-16(18-17-13-6-3)12-9-10-15-19(16)14-8-5-2/h17,19H,4-15H2,1-3H3. The third-order valence-electron chi connectivity index (χ3n) is 4.63. The second-order valence-corrected chi connectivity index (χ2v) is 9.85. The van der Waals surface area contributed by atoms with Gasteiger partial charge in [0.1, 0.15) is 0 Å². The third kappa shape index (κ3) is 5.56. The van der Waals surface area contributed by atoms with Gasteiger partial charge in [0.2, 0.25) is 0 Å². The first-order valence-electron chi connectivity index (χ1n) is 8.70. The van der Waals surface area contributed by atoms with Crippen LogP contribution in [0.15, 0.2) is 0 Å². The molecule has 2 atom stereocenters. The number of rotatable bonds is 10. The molecule has 0 bridgehead atoms. The van der Waals surface area contributed by atoms with Crippen LogP contribution in [0.25, 0.3) is 0 Å². The summed E-state index contributed by atoms with van der Waals surface area (Å²) in [5.74, 6) is 0. The maximum atomic E-state index is 6.33. The molecule has 3 heteroatoms. The lowest BCUT2D eigenvalue weighted by Crippen LogP contribution is -2.53. The minimum atomic E-state index is -0.754. The minimum absolute atomic E-state index is 0.276. The van der Waals surface area contributed by atoms with Gasteiger partial charge in [-0.25, -0.2) is 5.48 Å². The minimum Gasteiger partial charge on any atom is -0.299 e. The zero-order valence-electron chi connectivity index (χ0n) is 13.5. The van der Waals surface area contributed by atoms with E-state index in [1.165, 1.54) is 63.5 Å². The fourth-order valence-electron chi connectivity index (χ4n) is 3.43. The van der Waals surface area contributed by atoms with Crippen molar-refractivity contribution < 1.29 is 4.84 Å². The monoisotopic (exact) mass is 285 g/mol. The van der Waals surface area contributed by atoms with Gasteiger partial charge >= 0.3 is 0 Å². The van der Waals surface area contributed by atoms with Crippen LogP contribution in [0.5, 0.6) is 0 Å². The van der Waals surface area contributed by atoms with Crippen LogP contribution in [0.1, 0.15) is 78.6 Å². The van der Waals surface area contributed by atoms with E-state index in [-0.39, 0.29) is 5.22 Å². The quantitative estimate of drug-likeness (QED) is 0.360. The SMILES string of the molecule is CCCC[SiH]1CCCCC1(CCCC)ONCCC. The zero-order valence-corrected chi connectivity index (χ0v) is 14.6. The summed E-state index contributed by atoms with van der Waals surface area (Å²) in [5, 5.41) is 0.276. The molecule has 0 saturated carbocycles. The van der Waals surface area contributed by atoms with Gasteiger partial charge < -0.3 is 0 Å². The van der Waals surface area contributed by atoms with Crippen molar-refractivity contribution >= 4 is 8.80 Å². The number of hydrogen-bond donors (Lipinski definition) is 1. The van der Waals surface area contributed by atoms with Crippen molar-refractivity contribution in [2.24, 2.45) is 0 Å². The molecule has 0 radical (unpaired) electrons. The lowest BCUT2D eigenvalue weighted by molar-refractivity contribution is -0.0726. The van der Waals surface area contributed by atoms with E-state index in [0.717, 1.165) is 13.0 Å². The normalized spacial score (nSPS) is 27.6. The van der Waals surface area contributed by atoms with Crippen LogP contribution in [0.3, 0.4) is 0 Å². The van der Waals surface area contributed by atoms with E-state index in [9.17, 15) is 0 Å². The molecule has 19 heavy (non-hydrogen) atoms. The van der Waals surface area contributed by atoms with Crippen molar-refractivity contribution in [3.63, 3.8) is 0 Å². The first-order valence-corrected chi connectivity index (χ1v) is 10.9. The van der Waals surface area contributed by atoms with Gasteiger partial charge in [-0.3, -0.25) is 4.84 Å². The van der Waals surface area contributed by atoms with E-state index in [1.807, 2.05) is 0 Å². The van der Waals surface area contributed by atoms with E-state index in [0.29, 0.717) is 0 Å². The Kier molecular flexibility index (Phi) is 9.00. The van der Waals surface area contributed by atoms with Gasteiger partial charge in [-0.15, -0.1) is 0 Å². The second kappa shape index (κ2) is 9.95. The second-order valence-electron chi connectivity index (χ2n) is 6.25. The van der Waals surface area contributed by atoms with Gasteiger partial charge in [0.05, 0.1) is 14.0 Å². The smallest absolute Gasteiger partial charge is 0.0783 e. The summed E-state index contributed by atoms with van der Waals surface area (Å²) >= 11 is 0. The molecule has 1 saturated heterocycles. The average molecular weight is 286 g/mol. The van der Waals surface area contributed by atoms with Crippen LogP contribution < -0.4 is 5.48 Å². The average Bonchev–Trinajstić information content (AvgIpc) is 2.44. The molecule has 1 heterocycles. The largest absolute Gasteiger partial charge is 0.299 e. The van der Waals surface area contributed by atoms with E-state index in [4.69, 9.17) is 4.84 Å². The molecule has 1 rings (SSSR count). The predicted molar refractivity (Wildman–Crippen MR) is 87.2 cm³/mol. The highest BCUT2D eigenvalue weighted by Crippen LogP contribution is 2.37. The molecular formula is C16H35NOSi. The molecule has 0 spiro atoms. The number of nitrogens with one attached hydrogen (secondary N) is 1. The Morgan fingerprint density at radius 1 is 1.05 bits per heavy atom. The summed E-state index contributed by atoms with van der Waals surface area (Å²) in [4.78, 5) is 6.33. The maximum Gasteiger partial charge on any atom is 0.0783 e. The molecule has 1 fully saturated rings. The van der Waals surface area contributed by atoms with E-state index < -0.39 is 8.80 Å². The predicted octanol–water partition coefficient (Wildman–Crippen LogP) is 4.60. The maximum absolute atomic E-state index is 6.33. The number of unbranched alkanes of at least 4 members (excludes halogenated alkanes) is 2. The Bertz CT molecular complexity index is 225. The highest BCUT2D eigenvalue weighted by atomic mass is 28.3.